The minimum Gasteiger partial charge on any atom is -0.384 e. The van der Waals surface area contributed by atoms with Crippen LogP contribution >= 0.6 is 0 Å². The molecule has 0 saturated heterocycles. The average Bonchev–Trinajstić information content (AvgIpc) is 3.74. The molecule has 1 aliphatic rings. The third-order valence-electron chi connectivity index (χ3n) is 7.45. The Morgan fingerprint density at radius 2 is 0.625 bits per heavy atom. The number of hydrogen-bond acceptors (Lipinski definition) is 4. The van der Waals surface area contributed by atoms with Gasteiger partial charge in [-0.05, 0) is 96.5 Å². The standard InChI is InChI=1S/C32H40N4O4/c1-37-13-9-21-17-29-30-18-22(10-14-38-2)27(34-30)7-8-28-24(12-16-40-4)20-32(36-28)31-19-23(11-15-39-3)26(35-31)6-5-25(21)33-29/h5-8,17-20,33-36H,9-16H2,1-4H3. The lowest BCUT2D eigenvalue weighted by Gasteiger charge is -1.96. The van der Waals surface area contributed by atoms with E-state index < -0.39 is 0 Å². The Labute approximate surface area is 233 Å². The van der Waals surface area contributed by atoms with Crippen molar-refractivity contribution in [3.05, 3.63) is 89.3 Å². The van der Waals surface area contributed by atoms with Crippen LogP contribution in [-0.4, -0.2) is 74.8 Å². The molecule has 0 radical (unpaired) electrons. The van der Waals surface area contributed by atoms with Crippen LogP contribution in [0.5, 0.6) is 0 Å². The highest BCUT2D eigenvalue weighted by atomic mass is 16.5. The van der Waals surface area contributed by atoms with E-state index in [2.05, 4.69) is 68.5 Å². The van der Waals surface area contributed by atoms with E-state index in [4.69, 9.17) is 18.9 Å². The number of fused-ring (bicyclic) bond motifs is 8. The van der Waals surface area contributed by atoms with Crippen LogP contribution in [-0.2, 0) is 44.6 Å². The Hall–Kier alpha value is -3.56. The molecule has 4 N–H and O–H groups in total. The minimum absolute atomic E-state index is 0.655. The first-order chi connectivity index (χ1) is 19.6. The number of aromatic amines is 4. The highest BCUT2D eigenvalue weighted by Gasteiger charge is 2.06. The zero-order valence-corrected chi connectivity index (χ0v) is 23.9. The van der Waals surface area contributed by atoms with Crippen molar-refractivity contribution in [3.63, 3.8) is 0 Å². The van der Waals surface area contributed by atoms with E-state index in [0.29, 0.717) is 26.4 Å². The topological polar surface area (TPSA) is 100 Å². The molecule has 8 bridgehead atoms. The molecule has 8 heteroatoms. The fourth-order valence-electron chi connectivity index (χ4n) is 5.24. The third-order valence-corrected chi connectivity index (χ3v) is 7.45. The van der Waals surface area contributed by atoms with Gasteiger partial charge in [-0.15, -0.1) is 0 Å². The molecule has 40 heavy (non-hydrogen) atoms. The first-order valence-electron chi connectivity index (χ1n) is 13.8. The molecule has 4 aromatic rings. The summed E-state index contributed by atoms with van der Waals surface area (Å²) >= 11 is 0. The largest absolute Gasteiger partial charge is 0.384 e. The predicted molar refractivity (Wildman–Crippen MR) is 157 cm³/mol. The van der Waals surface area contributed by atoms with Gasteiger partial charge in [0.1, 0.15) is 0 Å². The lowest BCUT2D eigenvalue weighted by atomic mass is 10.2. The number of H-pyrrole nitrogens is 4. The van der Waals surface area contributed by atoms with Gasteiger partial charge in [0, 0.05) is 49.8 Å². The van der Waals surface area contributed by atoms with Crippen LogP contribution in [0.15, 0.2) is 24.3 Å². The molecular formula is C32H40N4O4. The number of aromatic nitrogens is 4. The molecule has 0 atom stereocenters. The molecule has 0 fully saturated rings. The van der Waals surface area contributed by atoms with Gasteiger partial charge >= 0.3 is 0 Å². The normalized spacial score (nSPS) is 12.5. The van der Waals surface area contributed by atoms with Crippen molar-refractivity contribution >= 4 is 24.3 Å². The van der Waals surface area contributed by atoms with Gasteiger partial charge in [-0.2, -0.15) is 0 Å². The van der Waals surface area contributed by atoms with E-state index in [0.717, 1.165) is 68.5 Å². The molecule has 0 aliphatic carbocycles. The van der Waals surface area contributed by atoms with Gasteiger partial charge in [-0.1, -0.05) is 0 Å². The van der Waals surface area contributed by atoms with Crippen molar-refractivity contribution in [2.45, 2.75) is 25.7 Å². The smallest absolute Gasteiger partial charge is 0.0627 e. The molecule has 0 unspecified atom stereocenters. The average molecular weight is 545 g/mol. The van der Waals surface area contributed by atoms with Crippen LogP contribution in [0, 0.1) is 21.4 Å². The first-order valence-corrected chi connectivity index (χ1v) is 13.8. The van der Waals surface area contributed by atoms with Gasteiger partial charge in [-0.25, -0.2) is 0 Å². The van der Waals surface area contributed by atoms with Crippen molar-refractivity contribution in [1.82, 2.24) is 19.9 Å². The molecule has 4 aromatic heterocycles. The summed E-state index contributed by atoms with van der Waals surface area (Å²) in [6.07, 6.45) is 11.9. The van der Waals surface area contributed by atoms with Crippen molar-refractivity contribution in [2.75, 3.05) is 54.9 Å². The maximum Gasteiger partial charge on any atom is 0.0627 e. The lowest BCUT2D eigenvalue weighted by molar-refractivity contribution is 0.202. The van der Waals surface area contributed by atoms with Crippen LogP contribution in [0.2, 0.25) is 0 Å². The van der Waals surface area contributed by atoms with Crippen LogP contribution < -0.4 is 21.4 Å². The molecule has 0 saturated carbocycles. The number of methoxy groups -OCH3 is 4. The molecule has 5 rings (SSSR count). The Balaban J connectivity index is 1.86. The first kappa shape index (κ1) is 28.0. The van der Waals surface area contributed by atoms with Crippen LogP contribution in [0.3, 0.4) is 0 Å². The fraction of sp³-hybridized carbons (Fsp3) is 0.375. The Morgan fingerprint density at radius 1 is 0.400 bits per heavy atom. The van der Waals surface area contributed by atoms with Crippen molar-refractivity contribution in [3.8, 4) is 0 Å². The highest BCUT2D eigenvalue weighted by Crippen LogP contribution is 2.04. The van der Waals surface area contributed by atoms with Crippen LogP contribution in [0.1, 0.15) is 22.3 Å². The number of hydrogen-bond donors (Lipinski definition) is 4. The van der Waals surface area contributed by atoms with Gasteiger partial charge < -0.3 is 38.9 Å². The van der Waals surface area contributed by atoms with E-state index in [9.17, 15) is 0 Å². The minimum atomic E-state index is 0.655. The Bertz CT molecular complexity index is 1600. The summed E-state index contributed by atoms with van der Waals surface area (Å²) in [5.74, 6) is 0. The van der Waals surface area contributed by atoms with Crippen molar-refractivity contribution in [1.29, 1.82) is 0 Å². The summed E-state index contributed by atoms with van der Waals surface area (Å²) < 4.78 is 21.7. The molecule has 212 valence electrons. The highest BCUT2D eigenvalue weighted by molar-refractivity contribution is 5.62. The zero-order chi connectivity index (χ0) is 27.9. The van der Waals surface area contributed by atoms with E-state index in [1.165, 1.54) is 22.3 Å². The summed E-state index contributed by atoms with van der Waals surface area (Å²) in [4.78, 5) is 14.6. The number of rotatable bonds is 12. The molecule has 8 nitrogen and oxygen atoms in total. The Morgan fingerprint density at radius 3 is 0.825 bits per heavy atom. The van der Waals surface area contributed by atoms with Gasteiger partial charge in [-0.3, -0.25) is 0 Å². The van der Waals surface area contributed by atoms with E-state index in [1.54, 1.807) is 28.4 Å². The maximum atomic E-state index is 5.41. The zero-order valence-electron chi connectivity index (χ0n) is 23.9. The predicted octanol–water partition coefficient (Wildman–Crippen LogP) is 1.16. The lowest BCUT2D eigenvalue weighted by Crippen LogP contribution is -2.13. The van der Waals surface area contributed by atoms with E-state index >= 15 is 0 Å². The Kier molecular flexibility index (Phi) is 9.23. The molecule has 0 amide bonds. The fourth-order valence-corrected chi connectivity index (χ4v) is 5.24. The van der Waals surface area contributed by atoms with Gasteiger partial charge in [0.25, 0.3) is 0 Å². The second-order valence-electron chi connectivity index (χ2n) is 10.1. The van der Waals surface area contributed by atoms with Crippen molar-refractivity contribution < 1.29 is 18.9 Å². The second-order valence-corrected chi connectivity index (χ2v) is 10.1. The third kappa shape index (κ3) is 6.26. The molecule has 1 aliphatic heterocycles. The van der Waals surface area contributed by atoms with Crippen molar-refractivity contribution in [2.24, 2.45) is 0 Å². The summed E-state index contributed by atoms with van der Waals surface area (Å²) in [6, 6.07) is 8.90. The van der Waals surface area contributed by atoms with Gasteiger partial charge in [0.05, 0.1) is 47.8 Å². The van der Waals surface area contributed by atoms with E-state index in [1.807, 2.05) is 0 Å². The summed E-state index contributed by atoms with van der Waals surface area (Å²) in [6.45, 7) is 2.62. The summed E-state index contributed by atoms with van der Waals surface area (Å²) in [5, 5.41) is 8.47. The molecule has 0 aromatic carbocycles. The summed E-state index contributed by atoms with van der Waals surface area (Å²) in [7, 11) is 6.97. The van der Waals surface area contributed by atoms with Crippen LogP contribution in [0.25, 0.3) is 24.3 Å². The maximum absolute atomic E-state index is 5.41. The quantitative estimate of drug-likeness (QED) is 0.215. The molecule has 5 heterocycles. The van der Waals surface area contributed by atoms with Gasteiger partial charge in [0.2, 0.25) is 0 Å². The monoisotopic (exact) mass is 544 g/mol. The number of ether oxygens (including phenoxy) is 4. The second kappa shape index (κ2) is 13.2. The van der Waals surface area contributed by atoms with E-state index in [-0.39, 0.29) is 0 Å². The van der Waals surface area contributed by atoms with Gasteiger partial charge in [0.15, 0.2) is 0 Å². The number of nitrogens with one attached hydrogen (secondary N) is 4. The molecular weight excluding hydrogens is 504 g/mol. The van der Waals surface area contributed by atoms with Crippen LogP contribution in [0.4, 0.5) is 0 Å². The SMILES string of the molecule is COCCc1cc2[nH]c1=CC=c1[nH]c(cc1CCOC)=c1cc(CCOC)c([nH]1)=CC=c1[nH]c=2cc1CCOC. The summed E-state index contributed by atoms with van der Waals surface area (Å²) in [5.41, 5.74) is 4.85. The molecule has 0 spiro atoms.